The standard InChI is InChI=1S/C21H24N2O5/c1-14-10-15(20(24)25)13-23(12-14)21(26)22-16-6-8-17(9-7-16)28-19-5-3-4-18(11-19)27-2/h3-9,11,14-15H,10,12-13H2,1-2H3,(H,22,26)(H,24,25). The fourth-order valence-corrected chi connectivity index (χ4v) is 3.31. The number of carbonyl (C=O) groups excluding carboxylic acids is 1. The van der Waals surface area contributed by atoms with Gasteiger partial charge < -0.3 is 24.8 Å². The van der Waals surface area contributed by atoms with E-state index in [1.54, 1.807) is 42.3 Å². The summed E-state index contributed by atoms with van der Waals surface area (Å²) in [4.78, 5) is 25.3. The van der Waals surface area contributed by atoms with Crippen LogP contribution in [0.4, 0.5) is 10.5 Å². The Balaban J connectivity index is 1.60. The Hall–Kier alpha value is -3.22. The maximum atomic E-state index is 12.5. The molecule has 7 heteroatoms. The van der Waals surface area contributed by atoms with Crippen LogP contribution in [-0.4, -0.2) is 42.2 Å². The third-order valence-electron chi connectivity index (χ3n) is 4.68. The maximum Gasteiger partial charge on any atom is 0.321 e. The van der Waals surface area contributed by atoms with Gasteiger partial charge in [-0.15, -0.1) is 0 Å². The number of piperidine rings is 1. The van der Waals surface area contributed by atoms with Crippen molar-refractivity contribution >= 4 is 17.7 Å². The minimum atomic E-state index is -0.858. The summed E-state index contributed by atoms with van der Waals surface area (Å²) in [6, 6.07) is 14.0. The lowest BCUT2D eigenvalue weighted by Crippen LogP contribution is -2.47. The highest BCUT2D eigenvalue weighted by Gasteiger charge is 2.31. The largest absolute Gasteiger partial charge is 0.497 e. The van der Waals surface area contributed by atoms with E-state index < -0.39 is 11.9 Å². The smallest absolute Gasteiger partial charge is 0.321 e. The van der Waals surface area contributed by atoms with Crippen molar-refractivity contribution in [1.29, 1.82) is 0 Å². The van der Waals surface area contributed by atoms with Crippen molar-refractivity contribution < 1.29 is 24.2 Å². The summed E-state index contributed by atoms with van der Waals surface area (Å²) in [7, 11) is 1.60. The number of benzene rings is 2. The molecule has 0 aromatic heterocycles. The van der Waals surface area contributed by atoms with E-state index in [2.05, 4.69) is 5.32 Å². The van der Waals surface area contributed by atoms with Crippen LogP contribution in [0, 0.1) is 11.8 Å². The lowest BCUT2D eigenvalue weighted by Gasteiger charge is -2.34. The van der Waals surface area contributed by atoms with Gasteiger partial charge >= 0.3 is 12.0 Å². The Labute approximate surface area is 163 Å². The molecule has 1 fully saturated rings. The molecule has 7 nitrogen and oxygen atoms in total. The quantitative estimate of drug-likeness (QED) is 0.812. The van der Waals surface area contributed by atoms with Crippen LogP contribution in [0.2, 0.25) is 0 Å². The average molecular weight is 384 g/mol. The molecule has 148 valence electrons. The Morgan fingerprint density at radius 1 is 1.07 bits per heavy atom. The molecule has 2 aromatic rings. The van der Waals surface area contributed by atoms with Gasteiger partial charge in [-0.05, 0) is 48.7 Å². The number of methoxy groups -OCH3 is 1. The van der Waals surface area contributed by atoms with Crippen molar-refractivity contribution in [2.45, 2.75) is 13.3 Å². The minimum absolute atomic E-state index is 0.152. The molecule has 0 bridgehead atoms. The van der Waals surface area contributed by atoms with Crippen molar-refractivity contribution in [2.24, 2.45) is 11.8 Å². The summed E-state index contributed by atoms with van der Waals surface area (Å²) in [6.45, 7) is 2.73. The zero-order valence-corrected chi connectivity index (χ0v) is 15.9. The van der Waals surface area contributed by atoms with Crippen molar-refractivity contribution in [3.8, 4) is 17.2 Å². The molecule has 2 amide bonds. The number of likely N-dealkylation sites (tertiary alicyclic amines) is 1. The maximum absolute atomic E-state index is 12.5. The van der Waals surface area contributed by atoms with Crippen LogP contribution < -0.4 is 14.8 Å². The number of hydrogen-bond donors (Lipinski definition) is 2. The van der Waals surface area contributed by atoms with E-state index in [4.69, 9.17) is 9.47 Å². The molecule has 28 heavy (non-hydrogen) atoms. The summed E-state index contributed by atoms with van der Waals surface area (Å²) in [5.74, 6) is 0.759. The number of aliphatic carboxylic acids is 1. The number of urea groups is 1. The zero-order chi connectivity index (χ0) is 20.1. The van der Waals surface area contributed by atoms with Crippen LogP contribution in [0.3, 0.4) is 0 Å². The highest BCUT2D eigenvalue weighted by molar-refractivity contribution is 5.89. The van der Waals surface area contributed by atoms with Gasteiger partial charge in [0.1, 0.15) is 17.2 Å². The van der Waals surface area contributed by atoms with Gasteiger partial charge in [-0.25, -0.2) is 4.79 Å². The molecule has 0 radical (unpaired) electrons. The molecule has 2 atom stereocenters. The number of hydrogen-bond acceptors (Lipinski definition) is 4. The second-order valence-electron chi connectivity index (χ2n) is 7.02. The number of carboxylic acid groups (broad SMARTS) is 1. The van der Waals surface area contributed by atoms with Gasteiger partial charge in [-0.2, -0.15) is 0 Å². The number of carbonyl (C=O) groups is 2. The van der Waals surface area contributed by atoms with Crippen LogP contribution >= 0.6 is 0 Å². The molecular weight excluding hydrogens is 360 g/mol. The van der Waals surface area contributed by atoms with E-state index in [0.717, 1.165) is 0 Å². The fourth-order valence-electron chi connectivity index (χ4n) is 3.31. The third kappa shape index (κ3) is 4.94. The van der Waals surface area contributed by atoms with E-state index in [-0.39, 0.29) is 18.5 Å². The van der Waals surface area contributed by atoms with E-state index >= 15 is 0 Å². The Bertz CT molecular complexity index is 837. The Morgan fingerprint density at radius 2 is 1.79 bits per heavy atom. The van der Waals surface area contributed by atoms with E-state index in [0.29, 0.717) is 35.9 Å². The summed E-state index contributed by atoms with van der Waals surface area (Å²) in [5.41, 5.74) is 0.619. The van der Waals surface area contributed by atoms with Gasteiger partial charge in [0.2, 0.25) is 0 Å². The predicted octanol–water partition coefficient (Wildman–Crippen LogP) is 4.06. The lowest BCUT2D eigenvalue weighted by atomic mass is 9.91. The SMILES string of the molecule is COc1cccc(Oc2ccc(NC(=O)N3CC(C)CC(C(=O)O)C3)cc2)c1. The molecule has 0 aliphatic carbocycles. The Morgan fingerprint density at radius 3 is 2.46 bits per heavy atom. The summed E-state index contributed by atoms with van der Waals surface area (Å²) in [6.07, 6.45) is 0.593. The van der Waals surface area contributed by atoms with Crippen LogP contribution in [0.15, 0.2) is 48.5 Å². The normalized spacial score (nSPS) is 19.0. The van der Waals surface area contributed by atoms with Gasteiger partial charge in [0.05, 0.1) is 13.0 Å². The van der Waals surface area contributed by atoms with Gasteiger partial charge in [0, 0.05) is 24.8 Å². The highest BCUT2D eigenvalue weighted by Crippen LogP contribution is 2.27. The summed E-state index contributed by atoms with van der Waals surface area (Å²) >= 11 is 0. The molecule has 2 unspecified atom stereocenters. The Kier molecular flexibility index (Phi) is 6.03. The molecule has 2 N–H and O–H groups in total. The molecular formula is C21H24N2O5. The predicted molar refractivity (Wildman–Crippen MR) is 105 cm³/mol. The fraction of sp³-hybridized carbons (Fsp3) is 0.333. The van der Waals surface area contributed by atoms with Crippen molar-refractivity contribution in [3.05, 3.63) is 48.5 Å². The van der Waals surface area contributed by atoms with Crippen LogP contribution in [0.25, 0.3) is 0 Å². The van der Waals surface area contributed by atoms with E-state index in [9.17, 15) is 14.7 Å². The molecule has 3 rings (SSSR count). The first-order valence-corrected chi connectivity index (χ1v) is 9.15. The minimum Gasteiger partial charge on any atom is -0.497 e. The third-order valence-corrected chi connectivity index (χ3v) is 4.68. The van der Waals surface area contributed by atoms with Crippen LogP contribution in [0.5, 0.6) is 17.2 Å². The number of anilines is 1. The van der Waals surface area contributed by atoms with Gasteiger partial charge in [-0.3, -0.25) is 4.79 Å². The molecule has 1 heterocycles. The van der Waals surface area contributed by atoms with Crippen LogP contribution in [-0.2, 0) is 4.79 Å². The van der Waals surface area contributed by atoms with Crippen LogP contribution in [0.1, 0.15) is 13.3 Å². The molecule has 1 saturated heterocycles. The second kappa shape index (κ2) is 8.65. The zero-order valence-electron chi connectivity index (χ0n) is 15.9. The molecule has 1 aliphatic heterocycles. The van der Waals surface area contributed by atoms with Gasteiger partial charge in [-0.1, -0.05) is 13.0 Å². The highest BCUT2D eigenvalue weighted by atomic mass is 16.5. The number of rotatable bonds is 5. The van der Waals surface area contributed by atoms with Gasteiger partial charge in [0.25, 0.3) is 0 Å². The van der Waals surface area contributed by atoms with E-state index in [1.165, 1.54) is 0 Å². The molecule has 0 spiro atoms. The number of carboxylic acids is 1. The van der Waals surface area contributed by atoms with Crippen molar-refractivity contribution in [3.63, 3.8) is 0 Å². The number of nitrogens with zero attached hydrogens (tertiary/aromatic N) is 1. The monoisotopic (exact) mass is 384 g/mol. The van der Waals surface area contributed by atoms with Crippen molar-refractivity contribution in [2.75, 3.05) is 25.5 Å². The average Bonchev–Trinajstić information content (AvgIpc) is 2.69. The first-order chi connectivity index (χ1) is 13.4. The van der Waals surface area contributed by atoms with Crippen molar-refractivity contribution in [1.82, 2.24) is 4.90 Å². The number of amides is 2. The van der Waals surface area contributed by atoms with E-state index in [1.807, 2.05) is 25.1 Å². The number of ether oxygens (including phenoxy) is 2. The summed E-state index contributed by atoms with van der Waals surface area (Å²) < 4.78 is 11.0. The summed E-state index contributed by atoms with van der Waals surface area (Å²) in [5, 5.41) is 12.1. The number of nitrogens with one attached hydrogen (secondary N) is 1. The molecule has 0 saturated carbocycles. The second-order valence-corrected chi connectivity index (χ2v) is 7.02. The topological polar surface area (TPSA) is 88.1 Å². The van der Waals surface area contributed by atoms with Gasteiger partial charge in [0.15, 0.2) is 0 Å². The lowest BCUT2D eigenvalue weighted by molar-refractivity contribution is -0.143. The molecule has 2 aromatic carbocycles. The molecule has 1 aliphatic rings. The first kappa shape index (κ1) is 19.5. The first-order valence-electron chi connectivity index (χ1n) is 9.15.